The average molecular weight is 477 g/mol. The summed E-state index contributed by atoms with van der Waals surface area (Å²) < 4.78 is 57.5. The molecule has 0 bridgehead atoms. The molecule has 0 N–H and O–H groups in total. The Morgan fingerprint density at radius 3 is 2.48 bits per heavy atom. The molecular formula is C23H19F4N3O2S. The minimum absolute atomic E-state index is 0.0304. The SMILES string of the molecule is O=C(N=C(c1cccc(Oc2ccc(C(F)(F)F)cn2)c1)c1ncc(F)s1)C1CCCCC1. The van der Waals surface area contributed by atoms with Gasteiger partial charge in [0.05, 0.1) is 11.8 Å². The summed E-state index contributed by atoms with van der Waals surface area (Å²) >= 11 is 0.773. The molecule has 1 fully saturated rings. The Balaban J connectivity index is 1.62. The van der Waals surface area contributed by atoms with Crippen molar-refractivity contribution in [2.75, 3.05) is 0 Å². The number of amides is 1. The number of hydrogen-bond donors (Lipinski definition) is 0. The molecule has 1 saturated carbocycles. The number of carbonyl (C=O) groups is 1. The normalized spacial score (nSPS) is 15.5. The summed E-state index contributed by atoms with van der Waals surface area (Å²) in [5.41, 5.74) is -0.187. The van der Waals surface area contributed by atoms with Gasteiger partial charge in [-0.1, -0.05) is 42.7 Å². The molecule has 10 heteroatoms. The molecule has 0 radical (unpaired) electrons. The predicted octanol–water partition coefficient (Wildman–Crippen LogP) is 6.43. The van der Waals surface area contributed by atoms with Crippen LogP contribution in [0.5, 0.6) is 11.6 Å². The van der Waals surface area contributed by atoms with Gasteiger partial charge in [-0.05, 0) is 31.0 Å². The number of ether oxygens (including phenoxy) is 1. The number of pyridine rings is 1. The molecule has 2 heterocycles. The van der Waals surface area contributed by atoms with Crippen molar-refractivity contribution < 1.29 is 27.1 Å². The molecule has 1 aliphatic carbocycles. The van der Waals surface area contributed by atoms with Crippen LogP contribution >= 0.6 is 11.3 Å². The predicted molar refractivity (Wildman–Crippen MR) is 115 cm³/mol. The first kappa shape index (κ1) is 23.0. The summed E-state index contributed by atoms with van der Waals surface area (Å²) in [6.07, 6.45) is 1.82. The van der Waals surface area contributed by atoms with Crippen LogP contribution in [-0.2, 0) is 11.0 Å². The number of carbonyl (C=O) groups excluding carboxylic acids is 1. The second kappa shape index (κ2) is 9.78. The van der Waals surface area contributed by atoms with Crippen molar-refractivity contribution >= 4 is 23.0 Å². The third kappa shape index (κ3) is 5.81. The van der Waals surface area contributed by atoms with E-state index in [4.69, 9.17) is 4.74 Å². The van der Waals surface area contributed by atoms with Gasteiger partial charge in [0.25, 0.3) is 0 Å². The molecule has 3 aromatic rings. The number of thiazole rings is 1. The second-order valence-corrected chi connectivity index (χ2v) is 8.60. The van der Waals surface area contributed by atoms with Gasteiger partial charge >= 0.3 is 6.18 Å². The van der Waals surface area contributed by atoms with Gasteiger partial charge in [-0.2, -0.15) is 17.6 Å². The fourth-order valence-corrected chi connectivity index (χ4v) is 4.24. The maximum Gasteiger partial charge on any atom is 0.417 e. The molecule has 0 atom stereocenters. The molecule has 172 valence electrons. The highest BCUT2D eigenvalue weighted by Gasteiger charge is 2.30. The van der Waals surface area contributed by atoms with E-state index in [9.17, 15) is 22.4 Å². The summed E-state index contributed by atoms with van der Waals surface area (Å²) in [7, 11) is 0. The maximum absolute atomic E-state index is 13.7. The average Bonchev–Trinajstić information content (AvgIpc) is 3.23. The minimum atomic E-state index is -4.50. The van der Waals surface area contributed by atoms with Gasteiger partial charge in [0.15, 0.2) is 5.13 Å². The lowest BCUT2D eigenvalue weighted by Crippen LogP contribution is -2.18. The van der Waals surface area contributed by atoms with E-state index < -0.39 is 16.9 Å². The van der Waals surface area contributed by atoms with Crippen molar-refractivity contribution in [2.24, 2.45) is 10.9 Å². The van der Waals surface area contributed by atoms with E-state index >= 15 is 0 Å². The van der Waals surface area contributed by atoms with E-state index in [0.29, 0.717) is 11.8 Å². The molecule has 0 saturated heterocycles. The zero-order chi connectivity index (χ0) is 23.4. The molecule has 2 aromatic heterocycles. The Hall–Kier alpha value is -3.14. The molecule has 33 heavy (non-hydrogen) atoms. The lowest BCUT2D eigenvalue weighted by molar-refractivity contribution is -0.137. The standard InChI is InChI=1S/C23H19F4N3O2S/c24-18-13-29-22(33-18)20(30-21(31)14-5-2-1-3-6-14)15-7-4-8-17(11-15)32-19-10-9-16(12-28-19)23(25,26)27/h4,7-14H,1-3,5-6H2. The van der Waals surface area contributed by atoms with Crippen LogP contribution in [0.25, 0.3) is 0 Å². The third-order valence-electron chi connectivity index (χ3n) is 5.25. The summed E-state index contributed by atoms with van der Waals surface area (Å²) in [5, 5.41) is -0.259. The van der Waals surface area contributed by atoms with E-state index in [1.165, 1.54) is 0 Å². The minimum Gasteiger partial charge on any atom is -0.439 e. The zero-order valence-electron chi connectivity index (χ0n) is 17.3. The summed E-state index contributed by atoms with van der Waals surface area (Å²) in [5.74, 6) is -0.197. The molecule has 0 unspecified atom stereocenters. The smallest absolute Gasteiger partial charge is 0.417 e. The highest BCUT2D eigenvalue weighted by molar-refractivity contribution is 7.12. The molecule has 1 aliphatic rings. The van der Waals surface area contributed by atoms with Gasteiger partial charge in [0.1, 0.15) is 16.5 Å². The number of hydrogen-bond acceptors (Lipinski definition) is 5. The number of benzene rings is 1. The third-order valence-corrected chi connectivity index (χ3v) is 6.04. The Morgan fingerprint density at radius 2 is 1.85 bits per heavy atom. The molecule has 1 aromatic carbocycles. The fourth-order valence-electron chi connectivity index (χ4n) is 3.59. The maximum atomic E-state index is 13.7. The summed E-state index contributed by atoms with van der Waals surface area (Å²) in [4.78, 5) is 24.9. The van der Waals surface area contributed by atoms with E-state index in [1.54, 1.807) is 24.3 Å². The van der Waals surface area contributed by atoms with Gasteiger partial charge in [-0.3, -0.25) is 4.79 Å². The summed E-state index contributed by atoms with van der Waals surface area (Å²) in [6.45, 7) is 0. The lowest BCUT2D eigenvalue weighted by Gasteiger charge is -2.18. The van der Waals surface area contributed by atoms with Gasteiger partial charge in [-0.15, -0.1) is 0 Å². The van der Waals surface area contributed by atoms with Crippen LogP contribution in [0.1, 0.15) is 48.2 Å². The number of halogens is 4. The van der Waals surface area contributed by atoms with Crippen LogP contribution < -0.4 is 4.74 Å². The second-order valence-electron chi connectivity index (χ2n) is 7.62. The molecule has 5 nitrogen and oxygen atoms in total. The highest BCUT2D eigenvalue weighted by atomic mass is 32.1. The van der Waals surface area contributed by atoms with Crippen LogP contribution in [0.3, 0.4) is 0 Å². The van der Waals surface area contributed by atoms with Crippen molar-refractivity contribution in [1.82, 2.24) is 9.97 Å². The Bertz CT molecular complexity index is 1150. The van der Waals surface area contributed by atoms with Crippen molar-refractivity contribution in [3.63, 3.8) is 0 Å². The molecule has 1 amide bonds. The van der Waals surface area contributed by atoms with Crippen LogP contribution in [-0.4, -0.2) is 21.6 Å². The Morgan fingerprint density at radius 1 is 1.06 bits per heavy atom. The quantitative estimate of drug-likeness (QED) is 0.314. The number of nitrogens with zero attached hydrogens (tertiary/aromatic N) is 3. The lowest BCUT2D eigenvalue weighted by atomic mass is 9.89. The number of aliphatic imine (C=N–C) groups is 1. The van der Waals surface area contributed by atoms with Crippen LogP contribution in [0.15, 0.2) is 53.8 Å². The van der Waals surface area contributed by atoms with E-state index in [-0.39, 0.29) is 34.2 Å². The first-order valence-corrected chi connectivity index (χ1v) is 11.2. The van der Waals surface area contributed by atoms with Crippen LogP contribution in [0, 0.1) is 11.0 Å². The van der Waals surface area contributed by atoms with Crippen LogP contribution in [0.2, 0.25) is 0 Å². The van der Waals surface area contributed by atoms with E-state index in [0.717, 1.165) is 61.8 Å². The van der Waals surface area contributed by atoms with Gasteiger partial charge in [0.2, 0.25) is 11.8 Å². The molecular weight excluding hydrogens is 458 g/mol. The number of alkyl halides is 3. The fraction of sp³-hybridized carbons (Fsp3) is 0.304. The van der Waals surface area contributed by atoms with Crippen molar-refractivity contribution in [3.05, 3.63) is 70.1 Å². The molecule has 0 aliphatic heterocycles. The number of rotatable bonds is 5. The Kier molecular flexibility index (Phi) is 6.83. The highest BCUT2D eigenvalue weighted by Crippen LogP contribution is 2.31. The van der Waals surface area contributed by atoms with Gasteiger partial charge in [-0.25, -0.2) is 15.0 Å². The Labute approximate surface area is 191 Å². The zero-order valence-corrected chi connectivity index (χ0v) is 18.1. The largest absolute Gasteiger partial charge is 0.439 e. The summed E-state index contributed by atoms with van der Waals surface area (Å²) in [6, 6.07) is 8.46. The monoisotopic (exact) mass is 477 g/mol. The number of aromatic nitrogens is 2. The van der Waals surface area contributed by atoms with Crippen molar-refractivity contribution in [2.45, 2.75) is 38.3 Å². The topological polar surface area (TPSA) is 64.4 Å². The van der Waals surface area contributed by atoms with E-state index in [1.807, 2.05) is 0 Å². The van der Waals surface area contributed by atoms with Gasteiger partial charge < -0.3 is 4.74 Å². The van der Waals surface area contributed by atoms with Crippen LogP contribution in [0.4, 0.5) is 17.6 Å². The van der Waals surface area contributed by atoms with Crippen molar-refractivity contribution in [3.8, 4) is 11.6 Å². The first-order valence-electron chi connectivity index (χ1n) is 10.4. The van der Waals surface area contributed by atoms with Crippen molar-refractivity contribution in [1.29, 1.82) is 0 Å². The molecule has 4 rings (SSSR count). The van der Waals surface area contributed by atoms with Gasteiger partial charge in [0, 0.05) is 23.7 Å². The molecule has 0 spiro atoms. The van der Waals surface area contributed by atoms with E-state index in [2.05, 4.69) is 15.0 Å². The first-order chi connectivity index (χ1) is 15.8.